The fraction of sp³-hybridized carbons (Fsp3) is 0.538. The maximum atomic E-state index is 13.6. The number of aromatic nitrogens is 1. The molecule has 11 heteroatoms. The van der Waals surface area contributed by atoms with Crippen LogP contribution < -0.4 is 10.6 Å². The highest BCUT2D eigenvalue weighted by Gasteiger charge is 2.44. The summed E-state index contributed by atoms with van der Waals surface area (Å²) >= 11 is 3.63. The number of aliphatic hydroxyl groups is 1. The Morgan fingerprint density at radius 2 is 1.95 bits per heavy atom. The maximum Gasteiger partial charge on any atom is 0.246 e. The van der Waals surface area contributed by atoms with Gasteiger partial charge in [-0.05, 0) is 30.4 Å². The Balaban J connectivity index is 1.66. The van der Waals surface area contributed by atoms with Crippen molar-refractivity contribution in [2.24, 2.45) is 5.41 Å². The second-order valence-electron chi connectivity index (χ2n) is 10.3. The standard InChI is InChI=1S/C26H35IN4O5S/c1-15-22(37-14-29-15)18-8-6-17(7-9-18)11-28-24(34)20-10-19(32)12-31(20)25(35)23(26(3,4)5)30-21(33)13-36-16(2)27/h6-9,14,16,19-20,23,32H,10-13H2,1-5H3,(H,28,34)(H,30,33)/t16?,19-,20+,23?/m1/s1. The predicted molar refractivity (Wildman–Crippen MR) is 151 cm³/mol. The Kier molecular flexibility index (Phi) is 10.1. The molecular formula is C26H35IN4O5S. The van der Waals surface area contributed by atoms with E-state index in [9.17, 15) is 19.5 Å². The molecule has 0 aliphatic carbocycles. The van der Waals surface area contributed by atoms with E-state index in [0.717, 1.165) is 21.7 Å². The molecule has 3 N–H and O–H groups in total. The molecule has 1 saturated heterocycles. The van der Waals surface area contributed by atoms with Crippen molar-refractivity contribution in [2.45, 2.75) is 69.9 Å². The SMILES string of the molecule is Cc1ncsc1-c1ccc(CNC(=O)[C@@H]2C[C@@H](O)CN2C(=O)C(NC(=O)COC(C)I)C(C)(C)C)cc1. The fourth-order valence-corrected chi connectivity index (χ4v) is 5.16. The molecule has 4 atom stereocenters. The van der Waals surface area contributed by atoms with Gasteiger partial charge in [0.15, 0.2) is 0 Å². The Labute approximate surface area is 235 Å². The fourth-order valence-electron chi connectivity index (χ4n) is 4.17. The number of β-amino-alcohol motifs (C(OH)–C–C–N with tert-alkyl or cyclic N) is 1. The normalized spacial score (nSPS) is 19.4. The van der Waals surface area contributed by atoms with E-state index in [-0.39, 0.29) is 29.6 Å². The van der Waals surface area contributed by atoms with Crippen LogP contribution in [-0.2, 0) is 25.7 Å². The number of rotatable bonds is 9. The summed E-state index contributed by atoms with van der Waals surface area (Å²) in [7, 11) is 0. The van der Waals surface area contributed by atoms with Gasteiger partial charge in [-0.15, -0.1) is 11.3 Å². The van der Waals surface area contributed by atoms with Crippen LogP contribution in [0.2, 0.25) is 0 Å². The minimum absolute atomic E-state index is 0.0313. The zero-order valence-electron chi connectivity index (χ0n) is 21.8. The lowest BCUT2D eigenvalue weighted by Crippen LogP contribution is -2.58. The van der Waals surface area contributed by atoms with Gasteiger partial charge in [-0.25, -0.2) is 4.98 Å². The van der Waals surface area contributed by atoms with Gasteiger partial charge < -0.3 is 25.4 Å². The third-order valence-electron chi connectivity index (χ3n) is 6.16. The average Bonchev–Trinajstić information content (AvgIpc) is 3.44. The number of nitrogens with zero attached hydrogens (tertiary/aromatic N) is 2. The van der Waals surface area contributed by atoms with E-state index in [2.05, 4.69) is 15.6 Å². The molecule has 1 aromatic carbocycles. The van der Waals surface area contributed by atoms with Gasteiger partial charge in [-0.3, -0.25) is 14.4 Å². The molecule has 0 spiro atoms. The Hall–Kier alpha value is -2.09. The number of nitrogens with one attached hydrogen (secondary N) is 2. The number of ether oxygens (including phenoxy) is 1. The number of thiazole rings is 1. The maximum absolute atomic E-state index is 13.6. The van der Waals surface area contributed by atoms with Gasteiger partial charge in [0.2, 0.25) is 17.7 Å². The summed E-state index contributed by atoms with van der Waals surface area (Å²) in [6, 6.07) is 6.19. The van der Waals surface area contributed by atoms with Gasteiger partial charge in [-0.2, -0.15) is 0 Å². The first-order valence-corrected chi connectivity index (χ1v) is 14.3. The molecule has 1 aromatic heterocycles. The first kappa shape index (κ1) is 29.5. The smallest absolute Gasteiger partial charge is 0.246 e. The number of carbonyl (C=O) groups excluding carboxylic acids is 3. The minimum atomic E-state index is -0.878. The number of benzene rings is 1. The van der Waals surface area contributed by atoms with Crippen molar-refractivity contribution < 1.29 is 24.2 Å². The van der Waals surface area contributed by atoms with Crippen molar-refractivity contribution in [1.29, 1.82) is 0 Å². The van der Waals surface area contributed by atoms with Crippen LogP contribution in [0.5, 0.6) is 0 Å². The summed E-state index contributed by atoms with van der Waals surface area (Å²) in [5.41, 5.74) is 4.17. The van der Waals surface area contributed by atoms with Gasteiger partial charge in [0.05, 0.1) is 22.2 Å². The molecule has 1 fully saturated rings. The van der Waals surface area contributed by atoms with Crippen LogP contribution in [0.4, 0.5) is 0 Å². The van der Waals surface area contributed by atoms with Gasteiger partial charge in [0, 0.05) is 19.5 Å². The Bertz CT molecular complexity index is 1100. The molecule has 0 radical (unpaired) electrons. The van der Waals surface area contributed by atoms with Crippen LogP contribution in [0.3, 0.4) is 0 Å². The van der Waals surface area contributed by atoms with E-state index in [4.69, 9.17) is 4.74 Å². The lowest BCUT2D eigenvalue weighted by Gasteiger charge is -2.35. The quantitative estimate of drug-likeness (QED) is 0.286. The summed E-state index contributed by atoms with van der Waals surface area (Å²) in [6.07, 6.45) is -0.678. The summed E-state index contributed by atoms with van der Waals surface area (Å²) in [4.78, 5) is 45.9. The number of alkyl halides is 1. The topological polar surface area (TPSA) is 121 Å². The predicted octanol–water partition coefficient (Wildman–Crippen LogP) is 3.03. The molecular weight excluding hydrogens is 607 g/mol. The van der Waals surface area contributed by atoms with Crippen LogP contribution in [0.15, 0.2) is 29.8 Å². The molecule has 1 aliphatic heterocycles. The Morgan fingerprint density at radius 3 is 2.51 bits per heavy atom. The molecule has 3 rings (SSSR count). The van der Waals surface area contributed by atoms with E-state index in [1.54, 1.807) is 11.3 Å². The number of aliphatic hydroxyl groups excluding tert-OH is 1. The molecule has 37 heavy (non-hydrogen) atoms. The number of amides is 3. The van der Waals surface area contributed by atoms with E-state index < -0.39 is 35.4 Å². The Morgan fingerprint density at radius 1 is 1.27 bits per heavy atom. The van der Waals surface area contributed by atoms with Crippen molar-refractivity contribution in [3.63, 3.8) is 0 Å². The molecule has 2 heterocycles. The second-order valence-corrected chi connectivity index (χ2v) is 12.9. The van der Waals surface area contributed by atoms with Crippen LogP contribution >= 0.6 is 33.9 Å². The van der Waals surface area contributed by atoms with Crippen molar-refractivity contribution in [1.82, 2.24) is 20.5 Å². The third-order valence-corrected chi connectivity index (χ3v) is 7.49. The van der Waals surface area contributed by atoms with Crippen LogP contribution in [0.1, 0.15) is 45.4 Å². The lowest BCUT2D eigenvalue weighted by atomic mass is 9.85. The number of hydrogen-bond donors (Lipinski definition) is 3. The van der Waals surface area contributed by atoms with Crippen LogP contribution in [-0.4, -0.2) is 68.2 Å². The van der Waals surface area contributed by atoms with E-state index in [1.165, 1.54) is 4.90 Å². The second kappa shape index (κ2) is 12.6. The highest BCUT2D eigenvalue weighted by Crippen LogP contribution is 2.28. The molecule has 2 aromatic rings. The monoisotopic (exact) mass is 642 g/mol. The first-order valence-electron chi connectivity index (χ1n) is 12.2. The molecule has 9 nitrogen and oxygen atoms in total. The number of halogens is 1. The molecule has 0 bridgehead atoms. The largest absolute Gasteiger partial charge is 0.391 e. The summed E-state index contributed by atoms with van der Waals surface area (Å²) < 4.78 is 5.20. The summed E-state index contributed by atoms with van der Waals surface area (Å²) in [6.45, 7) is 9.47. The van der Waals surface area contributed by atoms with E-state index in [0.29, 0.717) is 6.54 Å². The molecule has 1 aliphatic rings. The highest BCUT2D eigenvalue weighted by molar-refractivity contribution is 14.1. The number of hydrogen-bond acceptors (Lipinski definition) is 7. The van der Waals surface area contributed by atoms with Crippen molar-refractivity contribution in [3.05, 3.63) is 41.0 Å². The number of carbonyl (C=O) groups is 3. The zero-order valence-corrected chi connectivity index (χ0v) is 24.8. The van der Waals surface area contributed by atoms with Crippen LogP contribution in [0, 0.1) is 12.3 Å². The minimum Gasteiger partial charge on any atom is -0.391 e. The van der Waals surface area contributed by atoms with Gasteiger partial charge in [0.25, 0.3) is 0 Å². The van der Waals surface area contributed by atoms with E-state index >= 15 is 0 Å². The number of aryl methyl sites for hydroxylation is 1. The average molecular weight is 643 g/mol. The molecule has 2 unspecified atom stereocenters. The third kappa shape index (κ3) is 7.95. The number of likely N-dealkylation sites (tertiary alicyclic amines) is 1. The van der Waals surface area contributed by atoms with Crippen molar-refractivity contribution in [3.8, 4) is 10.4 Å². The van der Waals surface area contributed by atoms with Gasteiger partial charge in [-0.1, -0.05) is 67.6 Å². The molecule has 3 amide bonds. The molecule has 202 valence electrons. The van der Waals surface area contributed by atoms with Gasteiger partial charge >= 0.3 is 0 Å². The lowest BCUT2D eigenvalue weighted by molar-refractivity contribution is -0.144. The zero-order chi connectivity index (χ0) is 27.3. The van der Waals surface area contributed by atoms with Gasteiger partial charge in [0.1, 0.15) is 22.8 Å². The summed E-state index contributed by atoms with van der Waals surface area (Å²) in [5, 5.41) is 16.0. The van der Waals surface area contributed by atoms with Crippen molar-refractivity contribution >= 4 is 51.6 Å². The summed E-state index contributed by atoms with van der Waals surface area (Å²) in [5.74, 6) is -1.15. The highest BCUT2D eigenvalue weighted by atomic mass is 127. The first-order chi connectivity index (χ1) is 17.4. The van der Waals surface area contributed by atoms with Crippen LogP contribution in [0.25, 0.3) is 10.4 Å². The van der Waals surface area contributed by atoms with Crippen molar-refractivity contribution in [2.75, 3.05) is 13.2 Å². The van der Waals surface area contributed by atoms with E-state index in [1.807, 2.05) is 87.0 Å². The molecule has 0 saturated carbocycles.